The van der Waals surface area contributed by atoms with Gasteiger partial charge in [-0.05, 0) is 32.9 Å². The minimum absolute atomic E-state index is 0.423. The van der Waals surface area contributed by atoms with Crippen LogP contribution < -0.4 is 10.6 Å². The van der Waals surface area contributed by atoms with Crippen molar-refractivity contribution in [1.82, 2.24) is 10.3 Å². The number of rotatable bonds is 2. The van der Waals surface area contributed by atoms with Crippen molar-refractivity contribution in [3.63, 3.8) is 0 Å². The minimum Gasteiger partial charge on any atom is -0.444 e. The fourth-order valence-corrected chi connectivity index (χ4v) is 1.28. The van der Waals surface area contributed by atoms with E-state index in [2.05, 4.69) is 15.6 Å². The second-order valence-electron chi connectivity index (χ2n) is 4.64. The normalized spacial score (nSPS) is 10.7. The van der Waals surface area contributed by atoms with Crippen molar-refractivity contribution in [1.29, 1.82) is 0 Å². The number of thiocarbonyl (C=S) groups is 1. The third-order valence-corrected chi connectivity index (χ3v) is 2.32. The number of pyridine rings is 1. The molecule has 0 atom stereocenters. The molecule has 6 heteroatoms. The molecule has 5 nitrogen and oxygen atoms in total. The molecule has 0 aliphatic rings. The van der Waals surface area contributed by atoms with E-state index in [1.165, 1.54) is 0 Å². The Kier molecular flexibility index (Phi) is 4.61. The monoisotopic (exact) mass is 267 g/mol. The van der Waals surface area contributed by atoms with E-state index in [9.17, 15) is 4.79 Å². The quantitative estimate of drug-likeness (QED) is 0.805. The molecule has 0 saturated heterocycles. The van der Waals surface area contributed by atoms with E-state index in [-0.39, 0.29) is 0 Å². The molecule has 0 aromatic carbocycles. The zero-order valence-electron chi connectivity index (χ0n) is 10.9. The third-order valence-electron chi connectivity index (χ3n) is 1.88. The Hall–Kier alpha value is -1.69. The number of amides is 1. The Morgan fingerprint density at radius 1 is 1.39 bits per heavy atom. The SMILES string of the molecule is CNC(=S)c1ccc(NC(=O)OC(C)(C)C)nc1. The summed E-state index contributed by atoms with van der Waals surface area (Å²) >= 11 is 5.06. The van der Waals surface area contributed by atoms with E-state index in [1.807, 2.05) is 0 Å². The van der Waals surface area contributed by atoms with Crippen LogP contribution in [0.2, 0.25) is 0 Å². The third kappa shape index (κ3) is 4.67. The summed E-state index contributed by atoms with van der Waals surface area (Å²) in [5.74, 6) is 0.423. The van der Waals surface area contributed by atoms with Crippen molar-refractivity contribution >= 4 is 29.1 Å². The summed E-state index contributed by atoms with van der Waals surface area (Å²) in [4.78, 5) is 16.2. The van der Waals surface area contributed by atoms with E-state index in [1.54, 1.807) is 46.1 Å². The summed E-state index contributed by atoms with van der Waals surface area (Å²) < 4.78 is 5.11. The van der Waals surface area contributed by atoms with Crippen LogP contribution in [0.4, 0.5) is 10.6 Å². The zero-order chi connectivity index (χ0) is 13.8. The average molecular weight is 267 g/mol. The number of nitrogens with one attached hydrogen (secondary N) is 2. The first-order valence-corrected chi connectivity index (χ1v) is 5.91. The van der Waals surface area contributed by atoms with Crippen molar-refractivity contribution < 1.29 is 9.53 Å². The first-order chi connectivity index (χ1) is 8.31. The molecule has 1 aromatic rings. The molecule has 2 N–H and O–H groups in total. The Labute approximate surface area is 112 Å². The van der Waals surface area contributed by atoms with Gasteiger partial charge in [0.05, 0.1) is 0 Å². The molecule has 18 heavy (non-hydrogen) atoms. The maximum absolute atomic E-state index is 11.5. The lowest BCUT2D eigenvalue weighted by atomic mass is 10.2. The number of anilines is 1. The fourth-order valence-electron chi connectivity index (χ4n) is 1.15. The van der Waals surface area contributed by atoms with Gasteiger partial charge >= 0.3 is 6.09 Å². The fraction of sp³-hybridized carbons (Fsp3) is 0.417. The lowest BCUT2D eigenvalue weighted by molar-refractivity contribution is 0.0635. The van der Waals surface area contributed by atoms with Crippen molar-refractivity contribution in [2.24, 2.45) is 0 Å². The van der Waals surface area contributed by atoms with Gasteiger partial charge in [-0.2, -0.15) is 0 Å². The van der Waals surface area contributed by atoms with Gasteiger partial charge in [-0.1, -0.05) is 12.2 Å². The number of carbonyl (C=O) groups excluding carboxylic acids is 1. The Bertz CT molecular complexity index is 438. The molecule has 1 amide bonds. The van der Waals surface area contributed by atoms with Gasteiger partial charge in [0.1, 0.15) is 16.4 Å². The molecule has 1 heterocycles. The predicted octanol–water partition coefficient (Wildman–Crippen LogP) is 2.32. The van der Waals surface area contributed by atoms with Crippen LogP contribution in [0.1, 0.15) is 26.3 Å². The first-order valence-electron chi connectivity index (χ1n) is 5.50. The number of hydrogen-bond donors (Lipinski definition) is 2. The van der Waals surface area contributed by atoms with Crippen LogP contribution >= 0.6 is 12.2 Å². The number of aromatic nitrogens is 1. The van der Waals surface area contributed by atoms with Crippen LogP contribution in [0.3, 0.4) is 0 Å². The van der Waals surface area contributed by atoms with Crippen LogP contribution in [0.15, 0.2) is 18.3 Å². The molecule has 1 rings (SSSR count). The summed E-state index contributed by atoms with van der Waals surface area (Å²) in [6, 6.07) is 3.45. The second kappa shape index (κ2) is 5.77. The molecule has 1 aromatic heterocycles. The summed E-state index contributed by atoms with van der Waals surface area (Å²) in [6.07, 6.45) is 1.06. The highest BCUT2D eigenvalue weighted by Gasteiger charge is 2.16. The van der Waals surface area contributed by atoms with E-state index < -0.39 is 11.7 Å². The molecule has 0 bridgehead atoms. The molecule has 0 fully saturated rings. The van der Waals surface area contributed by atoms with Crippen molar-refractivity contribution in [2.75, 3.05) is 12.4 Å². The van der Waals surface area contributed by atoms with Gasteiger partial charge in [-0.3, -0.25) is 5.32 Å². The minimum atomic E-state index is -0.530. The molecule has 0 spiro atoms. The van der Waals surface area contributed by atoms with Crippen LogP contribution in [-0.4, -0.2) is 28.7 Å². The Balaban J connectivity index is 2.64. The van der Waals surface area contributed by atoms with E-state index in [4.69, 9.17) is 17.0 Å². The molecule has 0 unspecified atom stereocenters. The standard InChI is InChI=1S/C12H17N3O2S/c1-12(2,3)17-11(16)15-9-6-5-8(7-14-9)10(18)13-4/h5-7H,1-4H3,(H,13,18)(H,14,15,16). The summed E-state index contributed by atoms with van der Waals surface area (Å²) in [5, 5.41) is 5.40. The molecular weight excluding hydrogens is 250 g/mol. The highest BCUT2D eigenvalue weighted by atomic mass is 32.1. The topological polar surface area (TPSA) is 63.2 Å². The van der Waals surface area contributed by atoms with Gasteiger partial charge < -0.3 is 10.1 Å². The van der Waals surface area contributed by atoms with Crippen molar-refractivity contribution in [3.05, 3.63) is 23.9 Å². The van der Waals surface area contributed by atoms with Crippen molar-refractivity contribution in [2.45, 2.75) is 26.4 Å². The van der Waals surface area contributed by atoms with Crippen LogP contribution in [0, 0.1) is 0 Å². The maximum atomic E-state index is 11.5. The summed E-state index contributed by atoms with van der Waals surface area (Å²) in [6.45, 7) is 5.40. The second-order valence-corrected chi connectivity index (χ2v) is 5.05. The predicted molar refractivity (Wildman–Crippen MR) is 74.9 cm³/mol. The summed E-state index contributed by atoms with van der Waals surface area (Å²) in [7, 11) is 1.75. The maximum Gasteiger partial charge on any atom is 0.413 e. The first kappa shape index (κ1) is 14.4. The van der Waals surface area contributed by atoms with Crippen LogP contribution in [-0.2, 0) is 4.74 Å². The number of carbonyl (C=O) groups is 1. The Morgan fingerprint density at radius 2 is 2.06 bits per heavy atom. The van der Waals surface area contributed by atoms with E-state index in [0.717, 1.165) is 5.56 Å². The van der Waals surface area contributed by atoms with Crippen LogP contribution in [0.25, 0.3) is 0 Å². The molecular formula is C12H17N3O2S. The van der Waals surface area contributed by atoms with Crippen LogP contribution in [0.5, 0.6) is 0 Å². The van der Waals surface area contributed by atoms with E-state index in [0.29, 0.717) is 10.8 Å². The van der Waals surface area contributed by atoms with Gasteiger partial charge in [0.15, 0.2) is 0 Å². The van der Waals surface area contributed by atoms with Gasteiger partial charge in [-0.25, -0.2) is 9.78 Å². The van der Waals surface area contributed by atoms with Gasteiger partial charge in [0, 0.05) is 18.8 Å². The molecule has 98 valence electrons. The molecule has 0 aliphatic heterocycles. The average Bonchev–Trinajstić information content (AvgIpc) is 2.26. The number of nitrogens with zero attached hydrogens (tertiary/aromatic N) is 1. The van der Waals surface area contributed by atoms with Crippen molar-refractivity contribution in [3.8, 4) is 0 Å². The molecule has 0 saturated carbocycles. The zero-order valence-corrected chi connectivity index (χ0v) is 11.7. The summed E-state index contributed by atoms with van der Waals surface area (Å²) in [5.41, 5.74) is 0.264. The van der Waals surface area contributed by atoms with E-state index >= 15 is 0 Å². The lowest BCUT2D eigenvalue weighted by Gasteiger charge is -2.19. The van der Waals surface area contributed by atoms with Gasteiger partial charge in [-0.15, -0.1) is 0 Å². The lowest BCUT2D eigenvalue weighted by Crippen LogP contribution is -2.27. The highest BCUT2D eigenvalue weighted by molar-refractivity contribution is 7.80. The number of hydrogen-bond acceptors (Lipinski definition) is 4. The molecule has 0 aliphatic carbocycles. The Morgan fingerprint density at radius 3 is 2.50 bits per heavy atom. The largest absolute Gasteiger partial charge is 0.444 e. The van der Waals surface area contributed by atoms with Gasteiger partial charge in [0.25, 0.3) is 0 Å². The molecule has 0 radical (unpaired) electrons. The smallest absolute Gasteiger partial charge is 0.413 e. The van der Waals surface area contributed by atoms with Gasteiger partial charge in [0.2, 0.25) is 0 Å². The number of ether oxygens (including phenoxy) is 1. The highest BCUT2D eigenvalue weighted by Crippen LogP contribution is 2.10.